The van der Waals surface area contributed by atoms with Crippen LogP contribution in [-0.2, 0) is 6.54 Å². The summed E-state index contributed by atoms with van der Waals surface area (Å²) < 4.78 is 2.29. The van der Waals surface area contributed by atoms with E-state index in [0.29, 0.717) is 5.41 Å². The third-order valence-corrected chi connectivity index (χ3v) is 6.08. The molecule has 26 heavy (non-hydrogen) atoms. The molecular formula is C20H30IN5. The van der Waals surface area contributed by atoms with Gasteiger partial charge in [0.25, 0.3) is 0 Å². The highest BCUT2D eigenvalue weighted by Crippen LogP contribution is 2.45. The van der Waals surface area contributed by atoms with Gasteiger partial charge in [-0.1, -0.05) is 25.0 Å². The summed E-state index contributed by atoms with van der Waals surface area (Å²) in [5.74, 6) is 2.13. The summed E-state index contributed by atoms with van der Waals surface area (Å²) in [6.07, 6.45) is 6.96. The maximum absolute atomic E-state index is 4.65. The second kappa shape index (κ2) is 8.15. The van der Waals surface area contributed by atoms with Crippen LogP contribution in [0.15, 0.2) is 29.3 Å². The molecular weight excluding hydrogens is 437 g/mol. The van der Waals surface area contributed by atoms with Crippen LogP contribution in [0.4, 0.5) is 0 Å². The molecule has 2 aromatic rings. The summed E-state index contributed by atoms with van der Waals surface area (Å²) >= 11 is 0. The van der Waals surface area contributed by atoms with E-state index in [1.807, 2.05) is 13.1 Å². The monoisotopic (exact) mass is 467 g/mol. The van der Waals surface area contributed by atoms with Crippen LogP contribution in [0.1, 0.15) is 37.9 Å². The number of para-hydroxylation sites is 2. The number of fused-ring (bicyclic) bond motifs is 1. The molecule has 4 rings (SSSR count). The maximum Gasteiger partial charge on any atom is 0.193 e. The van der Waals surface area contributed by atoms with Crippen LogP contribution < -0.4 is 5.32 Å². The number of rotatable bonds is 3. The molecule has 2 aliphatic rings. The number of aliphatic imine (C=N–C) groups is 1. The molecule has 6 heteroatoms. The Labute approximate surface area is 173 Å². The summed E-state index contributed by atoms with van der Waals surface area (Å²) in [6.45, 7) is 6.19. The fourth-order valence-corrected chi connectivity index (χ4v) is 4.74. The van der Waals surface area contributed by atoms with Gasteiger partial charge in [-0.15, -0.1) is 24.0 Å². The lowest BCUT2D eigenvalue weighted by Crippen LogP contribution is -2.42. The quantitative estimate of drug-likeness (QED) is 0.425. The van der Waals surface area contributed by atoms with Gasteiger partial charge in [-0.25, -0.2) is 4.98 Å². The molecule has 1 N–H and O–H groups in total. The molecule has 0 unspecified atom stereocenters. The minimum absolute atomic E-state index is 0. The van der Waals surface area contributed by atoms with E-state index in [2.05, 4.69) is 49.9 Å². The van der Waals surface area contributed by atoms with Crippen molar-refractivity contribution in [2.24, 2.45) is 10.4 Å². The van der Waals surface area contributed by atoms with Crippen molar-refractivity contribution < 1.29 is 0 Å². The van der Waals surface area contributed by atoms with E-state index < -0.39 is 0 Å². The molecule has 1 aromatic carbocycles. The number of halogens is 1. The molecule has 1 aliphatic heterocycles. The third kappa shape index (κ3) is 3.70. The average Bonchev–Trinajstić information content (AvgIpc) is 3.33. The zero-order valence-corrected chi connectivity index (χ0v) is 18.2. The van der Waals surface area contributed by atoms with Crippen molar-refractivity contribution in [3.05, 3.63) is 30.1 Å². The van der Waals surface area contributed by atoms with E-state index in [4.69, 9.17) is 0 Å². The van der Waals surface area contributed by atoms with Crippen molar-refractivity contribution in [1.29, 1.82) is 0 Å². The van der Waals surface area contributed by atoms with Gasteiger partial charge in [0.2, 0.25) is 0 Å². The summed E-state index contributed by atoms with van der Waals surface area (Å²) in [4.78, 5) is 11.6. The first-order chi connectivity index (χ1) is 12.2. The van der Waals surface area contributed by atoms with Gasteiger partial charge >= 0.3 is 0 Å². The van der Waals surface area contributed by atoms with Gasteiger partial charge < -0.3 is 14.8 Å². The second-order valence-corrected chi connectivity index (χ2v) is 7.65. The highest BCUT2D eigenvalue weighted by atomic mass is 127. The van der Waals surface area contributed by atoms with Crippen molar-refractivity contribution >= 4 is 41.0 Å². The SMILES string of the molecule is CN=C(NCCn1c(C)nc2ccccc21)N1CCC2(CCCC2)C1.I. The predicted molar refractivity (Wildman–Crippen MR) is 118 cm³/mol. The van der Waals surface area contributed by atoms with Crippen molar-refractivity contribution in [3.8, 4) is 0 Å². The summed E-state index contributed by atoms with van der Waals surface area (Å²) in [5.41, 5.74) is 2.87. The first-order valence-electron chi connectivity index (χ1n) is 9.58. The molecule has 1 saturated carbocycles. The molecule has 0 atom stereocenters. The summed E-state index contributed by atoms with van der Waals surface area (Å²) in [5, 5.41) is 3.58. The number of imidazole rings is 1. The topological polar surface area (TPSA) is 45.5 Å². The van der Waals surface area contributed by atoms with Crippen LogP contribution in [0.25, 0.3) is 11.0 Å². The maximum atomic E-state index is 4.65. The van der Waals surface area contributed by atoms with E-state index >= 15 is 0 Å². The normalized spacial score (nSPS) is 19.3. The fraction of sp³-hybridized carbons (Fsp3) is 0.600. The Balaban J connectivity index is 0.00000196. The molecule has 5 nitrogen and oxygen atoms in total. The number of nitrogens with one attached hydrogen (secondary N) is 1. The highest BCUT2D eigenvalue weighted by Gasteiger charge is 2.40. The third-order valence-electron chi connectivity index (χ3n) is 6.08. The van der Waals surface area contributed by atoms with Gasteiger partial charge in [0.05, 0.1) is 11.0 Å². The molecule has 2 fully saturated rings. The van der Waals surface area contributed by atoms with E-state index in [9.17, 15) is 0 Å². The number of aromatic nitrogens is 2. The van der Waals surface area contributed by atoms with Crippen LogP contribution in [0.2, 0.25) is 0 Å². The molecule has 142 valence electrons. The van der Waals surface area contributed by atoms with Crippen LogP contribution >= 0.6 is 24.0 Å². The zero-order chi connectivity index (χ0) is 17.3. The van der Waals surface area contributed by atoms with Crippen LogP contribution in [0, 0.1) is 12.3 Å². The molecule has 2 heterocycles. The number of hydrogen-bond acceptors (Lipinski definition) is 2. The van der Waals surface area contributed by atoms with Crippen molar-refractivity contribution in [3.63, 3.8) is 0 Å². The minimum atomic E-state index is 0. The van der Waals surface area contributed by atoms with Crippen molar-refractivity contribution in [1.82, 2.24) is 19.8 Å². The number of likely N-dealkylation sites (tertiary alicyclic amines) is 1. The number of hydrogen-bond donors (Lipinski definition) is 1. The van der Waals surface area contributed by atoms with Gasteiger partial charge in [0, 0.05) is 33.2 Å². The van der Waals surface area contributed by atoms with E-state index in [1.54, 1.807) is 0 Å². The lowest BCUT2D eigenvalue weighted by atomic mass is 9.86. The highest BCUT2D eigenvalue weighted by molar-refractivity contribution is 14.0. The average molecular weight is 467 g/mol. The Morgan fingerprint density at radius 2 is 2.00 bits per heavy atom. The first-order valence-corrected chi connectivity index (χ1v) is 9.58. The smallest absolute Gasteiger partial charge is 0.193 e. The Bertz CT molecular complexity index is 776. The predicted octanol–water partition coefficient (Wildman–Crippen LogP) is 3.80. The number of benzene rings is 1. The largest absolute Gasteiger partial charge is 0.354 e. The number of aryl methyl sites for hydroxylation is 1. The molecule has 0 amide bonds. The summed E-state index contributed by atoms with van der Waals surface area (Å²) in [6, 6.07) is 8.36. The number of guanidine groups is 1. The zero-order valence-electron chi connectivity index (χ0n) is 15.9. The molecule has 0 radical (unpaired) electrons. The minimum Gasteiger partial charge on any atom is -0.354 e. The summed E-state index contributed by atoms with van der Waals surface area (Å²) in [7, 11) is 1.90. The number of nitrogens with zero attached hydrogens (tertiary/aromatic N) is 4. The van der Waals surface area contributed by atoms with E-state index in [0.717, 1.165) is 36.9 Å². The van der Waals surface area contributed by atoms with Gasteiger partial charge in [0.15, 0.2) is 5.96 Å². The van der Waals surface area contributed by atoms with Crippen molar-refractivity contribution in [2.75, 3.05) is 26.7 Å². The van der Waals surface area contributed by atoms with Crippen LogP contribution in [0.5, 0.6) is 0 Å². The Kier molecular flexibility index (Phi) is 6.10. The van der Waals surface area contributed by atoms with E-state index in [-0.39, 0.29) is 24.0 Å². The van der Waals surface area contributed by atoms with Crippen LogP contribution in [0.3, 0.4) is 0 Å². The lowest BCUT2D eigenvalue weighted by Gasteiger charge is -2.26. The van der Waals surface area contributed by atoms with Crippen LogP contribution in [-0.4, -0.2) is 47.1 Å². The first kappa shape index (κ1) is 19.5. The van der Waals surface area contributed by atoms with E-state index in [1.165, 1.54) is 44.2 Å². The Morgan fingerprint density at radius 3 is 2.77 bits per heavy atom. The molecule has 0 bridgehead atoms. The molecule has 1 aromatic heterocycles. The Morgan fingerprint density at radius 1 is 1.23 bits per heavy atom. The van der Waals surface area contributed by atoms with Crippen molar-refractivity contribution in [2.45, 2.75) is 45.6 Å². The fourth-order valence-electron chi connectivity index (χ4n) is 4.74. The molecule has 1 saturated heterocycles. The van der Waals surface area contributed by atoms with Gasteiger partial charge in [-0.3, -0.25) is 4.99 Å². The second-order valence-electron chi connectivity index (χ2n) is 7.65. The molecule has 1 aliphatic carbocycles. The lowest BCUT2D eigenvalue weighted by molar-refractivity contribution is 0.309. The van der Waals surface area contributed by atoms with Gasteiger partial charge in [-0.2, -0.15) is 0 Å². The standard InChI is InChI=1S/C20H29N5.HI/c1-16-23-17-7-3-4-8-18(17)25(16)14-12-22-19(21-2)24-13-11-20(15-24)9-5-6-10-20;/h3-4,7-8H,5-6,9-15H2,1-2H3,(H,21,22);1H. The molecule has 1 spiro atoms. The van der Waals surface area contributed by atoms with Gasteiger partial charge in [-0.05, 0) is 43.7 Å². The van der Waals surface area contributed by atoms with Gasteiger partial charge in [0.1, 0.15) is 5.82 Å². The Hall–Kier alpha value is -1.31.